The van der Waals surface area contributed by atoms with E-state index in [0.717, 1.165) is 0 Å². The first kappa shape index (κ1) is 9.33. The Morgan fingerprint density at radius 1 is 1.33 bits per heavy atom. The SMILES string of the molecule is CON1C=C(C)C(C)=C(C)C1C. The Morgan fingerprint density at radius 3 is 2.42 bits per heavy atom. The van der Waals surface area contributed by atoms with E-state index in [0.29, 0.717) is 6.04 Å². The van der Waals surface area contributed by atoms with Gasteiger partial charge in [0.2, 0.25) is 0 Å². The Kier molecular flexibility index (Phi) is 2.58. The molecule has 0 aliphatic carbocycles. The quantitative estimate of drug-likeness (QED) is 0.595. The molecule has 0 saturated heterocycles. The van der Waals surface area contributed by atoms with E-state index in [4.69, 9.17) is 4.84 Å². The monoisotopic (exact) mass is 167 g/mol. The van der Waals surface area contributed by atoms with Gasteiger partial charge < -0.3 is 0 Å². The van der Waals surface area contributed by atoms with E-state index >= 15 is 0 Å². The molecule has 0 N–H and O–H groups in total. The van der Waals surface area contributed by atoms with Gasteiger partial charge in [-0.1, -0.05) is 0 Å². The van der Waals surface area contributed by atoms with Crippen LogP contribution >= 0.6 is 0 Å². The van der Waals surface area contributed by atoms with Gasteiger partial charge in [-0.3, -0.25) is 9.90 Å². The van der Waals surface area contributed by atoms with Crippen LogP contribution in [0.3, 0.4) is 0 Å². The molecule has 0 bridgehead atoms. The van der Waals surface area contributed by atoms with Crippen molar-refractivity contribution in [1.29, 1.82) is 0 Å². The molecule has 1 aliphatic rings. The van der Waals surface area contributed by atoms with Gasteiger partial charge in [0, 0.05) is 6.20 Å². The summed E-state index contributed by atoms with van der Waals surface area (Å²) in [7, 11) is 1.70. The first-order chi connectivity index (χ1) is 5.57. The molecule has 0 aromatic heterocycles. The summed E-state index contributed by atoms with van der Waals surface area (Å²) in [4.78, 5) is 5.22. The molecule has 0 aromatic carbocycles. The van der Waals surface area contributed by atoms with Crippen molar-refractivity contribution in [3.8, 4) is 0 Å². The standard InChI is InChI=1S/C10H17NO/c1-7-6-11(12-5)10(4)9(3)8(7)2/h6,10H,1-5H3. The zero-order valence-corrected chi connectivity index (χ0v) is 8.51. The zero-order chi connectivity index (χ0) is 9.30. The number of nitrogens with zero attached hydrogens (tertiary/aromatic N) is 1. The van der Waals surface area contributed by atoms with Crippen molar-refractivity contribution in [3.05, 3.63) is 22.9 Å². The smallest absolute Gasteiger partial charge is 0.0743 e. The van der Waals surface area contributed by atoms with E-state index in [2.05, 4.69) is 27.7 Å². The van der Waals surface area contributed by atoms with Crippen LogP contribution in [0.25, 0.3) is 0 Å². The lowest BCUT2D eigenvalue weighted by Gasteiger charge is -2.31. The highest BCUT2D eigenvalue weighted by Crippen LogP contribution is 2.25. The van der Waals surface area contributed by atoms with Crippen molar-refractivity contribution >= 4 is 0 Å². The molecule has 1 heterocycles. The fraction of sp³-hybridized carbons (Fsp3) is 0.600. The third-order valence-electron chi connectivity index (χ3n) is 2.72. The maximum absolute atomic E-state index is 5.22. The molecular formula is C10H17NO. The van der Waals surface area contributed by atoms with Gasteiger partial charge in [0.25, 0.3) is 0 Å². The maximum Gasteiger partial charge on any atom is 0.0743 e. The second-order valence-corrected chi connectivity index (χ2v) is 3.34. The Bertz CT molecular complexity index is 240. The van der Waals surface area contributed by atoms with Crippen molar-refractivity contribution in [2.45, 2.75) is 33.7 Å². The molecule has 0 radical (unpaired) electrons. The van der Waals surface area contributed by atoms with Crippen LogP contribution in [0.4, 0.5) is 0 Å². The van der Waals surface area contributed by atoms with E-state index in [9.17, 15) is 0 Å². The number of hydroxylamine groups is 2. The van der Waals surface area contributed by atoms with E-state index in [1.807, 2.05) is 11.3 Å². The summed E-state index contributed by atoms with van der Waals surface area (Å²) >= 11 is 0. The van der Waals surface area contributed by atoms with Crippen LogP contribution in [0.1, 0.15) is 27.7 Å². The number of hydrogen-bond donors (Lipinski definition) is 0. The summed E-state index contributed by atoms with van der Waals surface area (Å²) in [6.45, 7) is 8.56. The fourth-order valence-electron chi connectivity index (χ4n) is 1.43. The predicted octanol–water partition coefficient (Wildman–Crippen LogP) is 2.49. The van der Waals surface area contributed by atoms with Gasteiger partial charge in [-0.05, 0) is 44.4 Å². The van der Waals surface area contributed by atoms with Gasteiger partial charge in [-0.25, -0.2) is 0 Å². The van der Waals surface area contributed by atoms with Gasteiger partial charge in [-0.15, -0.1) is 0 Å². The summed E-state index contributed by atoms with van der Waals surface area (Å²) in [5.74, 6) is 0. The average Bonchev–Trinajstić information content (AvgIpc) is 2.08. The van der Waals surface area contributed by atoms with Crippen LogP contribution in [-0.2, 0) is 4.84 Å². The summed E-state index contributed by atoms with van der Waals surface area (Å²) in [6.07, 6.45) is 2.05. The highest BCUT2D eigenvalue weighted by Gasteiger charge is 2.19. The molecule has 1 unspecified atom stereocenters. The van der Waals surface area contributed by atoms with Crippen molar-refractivity contribution in [2.24, 2.45) is 0 Å². The fourth-order valence-corrected chi connectivity index (χ4v) is 1.43. The van der Waals surface area contributed by atoms with Crippen LogP contribution in [-0.4, -0.2) is 18.2 Å². The lowest BCUT2D eigenvalue weighted by molar-refractivity contribution is -0.108. The van der Waals surface area contributed by atoms with Gasteiger partial charge in [0.1, 0.15) is 0 Å². The van der Waals surface area contributed by atoms with Gasteiger partial charge in [0.15, 0.2) is 0 Å². The Hall–Kier alpha value is -0.760. The van der Waals surface area contributed by atoms with Crippen molar-refractivity contribution in [1.82, 2.24) is 5.06 Å². The average molecular weight is 167 g/mol. The molecule has 1 rings (SSSR count). The van der Waals surface area contributed by atoms with Crippen molar-refractivity contribution in [2.75, 3.05) is 7.11 Å². The van der Waals surface area contributed by atoms with Crippen LogP contribution in [0.2, 0.25) is 0 Å². The highest BCUT2D eigenvalue weighted by atomic mass is 16.7. The Morgan fingerprint density at radius 2 is 1.92 bits per heavy atom. The molecule has 12 heavy (non-hydrogen) atoms. The van der Waals surface area contributed by atoms with Crippen LogP contribution < -0.4 is 0 Å². The third kappa shape index (κ3) is 1.39. The number of rotatable bonds is 1. The third-order valence-corrected chi connectivity index (χ3v) is 2.72. The van der Waals surface area contributed by atoms with E-state index in [1.165, 1.54) is 16.7 Å². The number of allylic oxidation sites excluding steroid dienone is 2. The molecule has 0 fully saturated rings. The number of hydrogen-bond acceptors (Lipinski definition) is 2. The molecule has 0 saturated carbocycles. The molecule has 2 heteroatoms. The second-order valence-electron chi connectivity index (χ2n) is 3.34. The molecule has 0 spiro atoms. The van der Waals surface area contributed by atoms with Gasteiger partial charge >= 0.3 is 0 Å². The summed E-state index contributed by atoms with van der Waals surface area (Å²) in [5, 5.41) is 1.89. The van der Waals surface area contributed by atoms with Crippen molar-refractivity contribution < 1.29 is 4.84 Å². The van der Waals surface area contributed by atoms with Gasteiger partial charge in [0.05, 0.1) is 13.2 Å². The first-order valence-corrected chi connectivity index (χ1v) is 4.26. The van der Waals surface area contributed by atoms with Crippen LogP contribution in [0.5, 0.6) is 0 Å². The van der Waals surface area contributed by atoms with E-state index in [-0.39, 0.29) is 0 Å². The maximum atomic E-state index is 5.22. The summed E-state index contributed by atoms with van der Waals surface area (Å²) in [5.41, 5.74) is 4.06. The van der Waals surface area contributed by atoms with Crippen LogP contribution in [0.15, 0.2) is 22.9 Å². The molecule has 0 aromatic rings. The molecule has 0 amide bonds. The topological polar surface area (TPSA) is 12.5 Å². The second kappa shape index (κ2) is 3.31. The predicted molar refractivity (Wildman–Crippen MR) is 50.4 cm³/mol. The Balaban J connectivity index is 2.97. The minimum Gasteiger partial charge on any atom is -0.277 e. The summed E-state index contributed by atoms with van der Waals surface area (Å²) in [6, 6.07) is 0.360. The highest BCUT2D eigenvalue weighted by molar-refractivity contribution is 5.36. The summed E-state index contributed by atoms with van der Waals surface area (Å²) < 4.78 is 0. The lowest BCUT2D eigenvalue weighted by atomic mass is 9.96. The Labute approximate surface area is 74.5 Å². The van der Waals surface area contributed by atoms with E-state index < -0.39 is 0 Å². The zero-order valence-electron chi connectivity index (χ0n) is 8.51. The molecule has 2 nitrogen and oxygen atoms in total. The minimum atomic E-state index is 0.360. The molecule has 1 atom stereocenters. The molecule has 1 aliphatic heterocycles. The van der Waals surface area contributed by atoms with Crippen molar-refractivity contribution in [3.63, 3.8) is 0 Å². The normalized spacial score (nSPS) is 24.6. The lowest BCUT2D eigenvalue weighted by Crippen LogP contribution is -2.31. The molecule has 68 valence electrons. The minimum absolute atomic E-state index is 0.360. The largest absolute Gasteiger partial charge is 0.277 e. The van der Waals surface area contributed by atoms with Gasteiger partial charge in [-0.2, -0.15) is 0 Å². The first-order valence-electron chi connectivity index (χ1n) is 4.26. The van der Waals surface area contributed by atoms with Crippen LogP contribution in [0, 0.1) is 0 Å². The van der Waals surface area contributed by atoms with E-state index in [1.54, 1.807) is 7.11 Å². The molecular weight excluding hydrogens is 150 g/mol.